The van der Waals surface area contributed by atoms with Gasteiger partial charge in [0.15, 0.2) is 0 Å². The van der Waals surface area contributed by atoms with Crippen molar-refractivity contribution in [2.24, 2.45) is 11.7 Å². The van der Waals surface area contributed by atoms with E-state index in [-0.39, 0.29) is 31.0 Å². The first-order chi connectivity index (χ1) is 9.51. The average molecular weight is 281 g/mol. The number of likely N-dealkylation sites (tertiary alicyclic amines) is 1. The highest BCUT2D eigenvalue weighted by molar-refractivity contribution is 5.77. The predicted octanol–water partition coefficient (Wildman–Crippen LogP) is -0.551. The van der Waals surface area contributed by atoms with Crippen LogP contribution in [0.1, 0.15) is 25.5 Å². The molecule has 3 N–H and O–H groups in total. The van der Waals surface area contributed by atoms with E-state index in [4.69, 9.17) is 10.8 Å². The Kier molecular flexibility index (Phi) is 4.33. The number of carbonyl (C=O) groups excluding carboxylic acids is 1. The molecule has 110 valence electrons. The lowest BCUT2D eigenvalue weighted by Crippen LogP contribution is -2.47. The van der Waals surface area contributed by atoms with Gasteiger partial charge >= 0.3 is 5.97 Å². The Bertz CT molecular complexity index is 501. The summed E-state index contributed by atoms with van der Waals surface area (Å²) in [5.74, 6) is -1.22. The summed E-state index contributed by atoms with van der Waals surface area (Å²) in [4.78, 5) is 24.9. The third-order valence-corrected chi connectivity index (χ3v) is 3.64. The average Bonchev–Trinajstić information content (AvgIpc) is 2.85. The Morgan fingerprint density at radius 1 is 1.55 bits per heavy atom. The van der Waals surface area contributed by atoms with Crippen molar-refractivity contribution in [2.45, 2.75) is 38.9 Å². The minimum atomic E-state index is -0.784. The van der Waals surface area contributed by atoms with Crippen molar-refractivity contribution in [3.05, 3.63) is 11.9 Å². The second-order valence-electron chi connectivity index (χ2n) is 5.11. The number of carboxylic acid groups (broad SMARTS) is 1. The number of amides is 1. The van der Waals surface area contributed by atoms with Gasteiger partial charge in [0.1, 0.15) is 6.54 Å². The molecule has 0 bridgehead atoms. The monoisotopic (exact) mass is 281 g/mol. The third-order valence-electron chi connectivity index (χ3n) is 3.64. The van der Waals surface area contributed by atoms with Crippen molar-refractivity contribution in [3.63, 3.8) is 0 Å². The van der Waals surface area contributed by atoms with Gasteiger partial charge in [-0.1, -0.05) is 5.21 Å². The van der Waals surface area contributed by atoms with Crippen LogP contribution in [0.4, 0.5) is 0 Å². The molecule has 2 atom stereocenters. The molecule has 2 heterocycles. The van der Waals surface area contributed by atoms with E-state index < -0.39 is 5.97 Å². The number of carboxylic acids is 1. The van der Waals surface area contributed by atoms with Crippen LogP contribution in [0.25, 0.3) is 0 Å². The fourth-order valence-electron chi connectivity index (χ4n) is 2.51. The zero-order chi connectivity index (χ0) is 14.7. The topological polar surface area (TPSA) is 114 Å². The van der Waals surface area contributed by atoms with Crippen LogP contribution in [0.5, 0.6) is 0 Å². The van der Waals surface area contributed by atoms with Gasteiger partial charge in [0, 0.05) is 19.1 Å². The molecule has 0 radical (unpaired) electrons. The summed E-state index contributed by atoms with van der Waals surface area (Å²) in [5.41, 5.74) is 6.07. The molecule has 20 heavy (non-hydrogen) atoms. The lowest BCUT2D eigenvalue weighted by molar-refractivity contribution is -0.147. The first-order valence-corrected chi connectivity index (χ1v) is 6.62. The Morgan fingerprint density at radius 2 is 2.30 bits per heavy atom. The van der Waals surface area contributed by atoms with Gasteiger partial charge in [-0.05, 0) is 19.8 Å². The quantitative estimate of drug-likeness (QED) is 0.765. The van der Waals surface area contributed by atoms with Crippen molar-refractivity contribution in [1.29, 1.82) is 0 Å². The number of nitrogens with zero attached hydrogens (tertiary/aromatic N) is 4. The summed E-state index contributed by atoms with van der Waals surface area (Å²) in [6.07, 6.45) is 2.63. The van der Waals surface area contributed by atoms with Crippen LogP contribution in [-0.4, -0.2) is 49.5 Å². The Balaban J connectivity index is 1.94. The first kappa shape index (κ1) is 14.4. The molecular formula is C12H19N5O3. The molecule has 2 rings (SSSR count). The zero-order valence-electron chi connectivity index (χ0n) is 11.4. The molecule has 0 spiro atoms. The minimum absolute atomic E-state index is 0.0742. The van der Waals surface area contributed by atoms with Gasteiger partial charge in [-0.3, -0.25) is 9.59 Å². The van der Waals surface area contributed by atoms with Gasteiger partial charge < -0.3 is 15.7 Å². The highest BCUT2D eigenvalue weighted by Gasteiger charge is 2.32. The Morgan fingerprint density at radius 3 is 2.85 bits per heavy atom. The summed E-state index contributed by atoms with van der Waals surface area (Å²) in [5, 5.41) is 16.7. The fraction of sp³-hybridized carbons (Fsp3) is 0.667. The zero-order valence-corrected chi connectivity index (χ0v) is 11.4. The highest BCUT2D eigenvalue weighted by atomic mass is 16.4. The molecule has 0 saturated carbocycles. The van der Waals surface area contributed by atoms with E-state index in [1.54, 1.807) is 11.1 Å². The lowest BCUT2D eigenvalue weighted by atomic mass is 9.92. The molecule has 1 fully saturated rings. The van der Waals surface area contributed by atoms with E-state index in [1.807, 2.05) is 6.92 Å². The fourth-order valence-corrected chi connectivity index (χ4v) is 2.51. The van der Waals surface area contributed by atoms with Gasteiger partial charge in [0.05, 0.1) is 17.8 Å². The molecule has 1 aromatic rings. The van der Waals surface area contributed by atoms with E-state index in [0.29, 0.717) is 25.1 Å². The number of hydrogen-bond acceptors (Lipinski definition) is 5. The summed E-state index contributed by atoms with van der Waals surface area (Å²) in [7, 11) is 0. The van der Waals surface area contributed by atoms with Gasteiger partial charge in [0.25, 0.3) is 0 Å². The molecule has 1 amide bonds. The minimum Gasteiger partial charge on any atom is -0.481 e. The number of aromatic nitrogens is 3. The van der Waals surface area contributed by atoms with Gasteiger partial charge in [0.2, 0.25) is 5.91 Å². The molecule has 1 aromatic heterocycles. The first-order valence-electron chi connectivity index (χ1n) is 6.62. The molecular weight excluding hydrogens is 262 g/mol. The molecule has 0 aliphatic carbocycles. The largest absolute Gasteiger partial charge is 0.481 e. The highest BCUT2D eigenvalue weighted by Crippen LogP contribution is 2.23. The van der Waals surface area contributed by atoms with E-state index >= 15 is 0 Å². The summed E-state index contributed by atoms with van der Waals surface area (Å²) in [6.45, 7) is 2.73. The van der Waals surface area contributed by atoms with Gasteiger partial charge in [-0.15, -0.1) is 5.10 Å². The number of rotatable bonds is 4. The van der Waals surface area contributed by atoms with Crippen LogP contribution in [0.2, 0.25) is 0 Å². The van der Waals surface area contributed by atoms with E-state index in [9.17, 15) is 9.59 Å². The van der Waals surface area contributed by atoms with Crippen LogP contribution < -0.4 is 5.73 Å². The summed E-state index contributed by atoms with van der Waals surface area (Å²) < 4.78 is 1.46. The normalized spacial score (nSPS) is 22.8. The van der Waals surface area contributed by atoms with Crippen LogP contribution in [0, 0.1) is 5.92 Å². The maximum atomic E-state index is 12.2. The molecule has 0 aromatic carbocycles. The molecule has 8 heteroatoms. The summed E-state index contributed by atoms with van der Waals surface area (Å²) in [6, 6.07) is -0.0742. The van der Waals surface area contributed by atoms with Crippen LogP contribution in [0.3, 0.4) is 0 Å². The van der Waals surface area contributed by atoms with Gasteiger partial charge in [-0.25, -0.2) is 4.68 Å². The number of piperidine rings is 1. The lowest BCUT2D eigenvalue weighted by Gasteiger charge is -2.36. The van der Waals surface area contributed by atoms with E-state index in [0.717, 1.165) is 0 Å². The molecule has 1 saturated heterocycles. The maximum absolute atomic E-state index is 12.2. The standard InChI is InChI=1S/C12H19N5O3/c1-8-4-9(12(19)20)2-3-17(8)11(18)7-16-6-10(5-13)14-15-16/h6,8-9H,2-5,7,13H2,1H3,(H,19,20). The second kappa shape index (κ2) is 6.00. The number of nitrogens with two attached hydrogens (primary N) is 1. The van der Waals surface area contributed by atoms with Crippen molar-refractivity contribution in [3.8, 4) is 0 Å². The van der Waals surface area contributed by atoms with Crippen LogP contribution >= 0.6 is 0 Å². The van der Waals surface area contributed by atoms with E-state index in [1.165, 1.54) is 4.68 Å². The molecule has 1 aliphatic rings. The van der Waals surface area contributed by atoms with Crippen molar-refractivity contribution < 1.29 is 14.7 Å². The third kappa shape index (κ3) is 3.13. The molecule has 8 nitrogen and oxygen atoms in total. The van der Waals surface area contributed by atoms with Crippen molar-refractivity contribution in [2.75, 3.05) is 6.54 Å². The smallest absolute Gasteiger partial charge is 0.306 e. The Hall–Kier alpha value is -1.96. The second-order valence-corrected chi connectivity index (χ2v) is 5.11. The number of hydrogen-bond donors (Lipinski definition) is 2. The summed E-state index contributed by atoms with van der Waals surface area (Å²) >= 11 is 0. The van der Waals surface area contributed by atoms with Crippen molar-refractivity contribution >= 4 is 11.9 Å². The predicted molar refractivity (Wildman–Crippen MR) is 69.4 cm³/mol. The SMILES string of the molecule is CC1CC(C(=O)O)CCN1C(=O)Cn1cc(CN)nn1. The van der Waals surface area contributed by atoms with Crippen LogP contribution in [0.15, 0.2) is 6.20 Å². The number of carbonyl (C=O) groups is 2. The number of aliphatic carboxylic acids is 1. The van der Waals surface area contributed by atoms with Gasteiger partial charge in [-0.2, -0.15) is 0 Å². The van der Waals surface area contributed by atoms with Crippen molar-refractivity contribution in [1.82, 2.24) is 19.9 Å². The Labute approximate surface area is 116 Å². The molecule has 2 unspecified atom stereocenters. The maximum Gasteiger partial charge on any atom is 0.306 e. The van der Waals surface area contributed by atoms with Crippen LogP contribution in [-0.2, 0) is 22.7 Å². The molecule has 1 aliphatic heterocycles. The van der Waals surface area contributed by atoms with E-state index in [2.05, 4.69) is 10.3 Å².